The van der Waals surface area contributed by atoms with E-state index in [1.165, 1.54) is 0 Å². The molecular formula is C20H23NO5. The third-order valence-corrected chi connectivity index (χ3v) is 3.67. The van der Waals surface area contributed by atoms with Crippen molar-refractivity contribution in [3.8, 4) is 11.5 Å². The van der Waals surface area contributed by atoms with E-state index in [9.17, 15) is 9.59 Å². The lowest BCUT2D eigenvalue weighted by molar-refractivity contribution is -0.155. The van der Waals surface area contributed by atoms with Gasteiger partial charge in [0.25, 0.3) is 5.91 Å². The van der Waals surface area contributed by atoms with Crippen LogP contribution in [0.25, 0.3) is 0 Å². The minimum absolute atomic E-state index is 0.290. The van der Waals surface area contributed by atoms with Gasteiger partial charge in [-0.2, -0.15) is 0 Å². The molecule has 26 heavy (non-hydrogen) atoms. The second kappa shape index (κ2) is 10.1. The maximum Gasteiger partial charge on any atom is 0.347 e. The van der Waals surface area contributed by atoms with Gasteiger partial charge >= 0.3 is 5.97 Å². The number of ether oxygens (including phenoxy) is 3. The SMILES string of the molecule is CC[C@@H](Oc1ccccc1)C(=O)OCC(=O)NCc1ccccc1OC. The van der Waals surface area contributed by atoms with Gasteiger partial charge in [-0.15, -0.1) is 0 Å². The zero-order valence-electron chi connectivity index (χ0n) is 14.9. The van der Waals surface area contributed by atoms with Crippen LogP contribution in [0.4, 0.5) is 0 Å². The van der Waals surface area contributed by atoms with Gasteiger partial charge < -0.3 is 19.5 Å². The van der Waals surface area contributed by atoms with Crippen molar-refractivity contribution in [1.82, 2.24) is 5.32 Å². The quantitative estimate of drug-likeness (QED) is 0.699. The summed E-state index contributed by atoms with van der Waals surface area (Å²) >= 11 is 0. The van der Waals surface area contributed by atoms with E-state index in [2.05, 4.69) is 5.32 Å². The van der Waals surface area contributed by atoms with Crippen molar-refractivity contribution >= 4 is 11.9 Å². The predicted molar refractivity (Wildman–Crippen MR) is 96.9 cm³/mol. The van der Waals surface area contributed by atoms with Gasteiger partial charge in [-0.1, -0.05) is 43.3 Å². The summed E-state index contributed by atoms with van der Waals surface area (Å²) in [6, 6.07) is 16.4. The fourth-order valence-corrected chi connectivity index (χ4v) is 2.28. The molecule has 2 aromatic rings. The highest BCUT2D eigenvalue weighted by Crippen LogP contribution is 2.16. The highest BCUT2D eigenvalue weighted by Gasteiger charge is 2.21. The molecule has 0 aliphatic rings. The lowest BCUT2D eigenvalue weighted by atomic mass is 10.2. The summed E-state index contributed by atoms with van der Waals surface area (Å²) in [4.78, 5) is 24.0. The minimum Gasteiger partial charge on any atom is -0.496 e. The maximum atomic E-state index is 12.1. The van der Waals surface area contributed by atoms with Crippen LogP contribution >= 0.6 is 0 Å². The first-order valence-corrected chi connectivity index (χ1v) is 8.41. The lowest BCUT2D eigenvalue weighted by Crippen LogP contribution is -2.33. The first-order valence-electron chi connectivity index (χ1n) is 8.41. The van der Waals surface area contributed by atoms with Crippen molar-refractivity contribution in [3.63, 3.8) is 0 Å². The molecule has 0 unspecified atom stereocenters. The number of amides is 1. The summed E-state index contributed by atoms with van der Waals surface area (Å²) in [5.74, 6) is 0.312. The summed E-state index contributed by atoms with van der Waals surface area (Å²) < 4.78 is 15.9. The van der Waals surface area contributed by atoms with E-state index in [0.29, 0.717) is 17.9 Å². The number of carbonyl (C=O) groups is 2. The van der Waals surface area contributed by atoms with Gasteiger partial charge in [-0.05, 0) is 24.6 Å². The Bertz CT molecular complexity index is 717. The smallest absolute Gasteiger partial charge is 0.347 e. The molecule has 2 aromatic carbocycles. The van der Waals surface area contributed by atoms with Crippen LogP contribution in [0.3, 0.4) is 0 Å². The summed E-state index contributed by atoms with van der Waals surface area (Å²) in [7, 11) is 1.57. The first-order chi connectivity index (χ1) is 12.6. The van der Waals surface area contributed by atoms with Crippen LogP contribution in [-0.4, -0.2) is 31.7 Å². The highest BCUT2D eigenvalue weighted by molar-refractivity contribution is 5.82. The molecule has 2 rings (SSSR count). The highest BCUT2D eigenvalue weighted by atomic mass is 16.6. The van der Waals surface area contributed by atoms with Crippen LogP contribution < -0.4 is 14.8 Å². The van der Waals surface area contributed by atoms with Gasteiger partial charge in [0.05, 0.1) is 7.11 Å². The second-order valence-corrected chi connectivity index (χ2v) is 5.52. The second-order valence-electron chi connectivity index (χ2n) is 5.52. The summed E-state index contributed by atoms with van der Waals surface area (Å²) in [5, 5.41) is 2.70. The Morgan fingerprint density at radius 1 is 1.04 bits per heavy atom. The molecule has 6 nitrogen and oxygen atoms in total. The Labute approximate surface area is 153 Å². The summed E-state index contributed by atoms with van der Waals surface area (Å²) in [6.45, 7) is 1.75. The van der Waals surface area contributed by atoms with E-state index in [1.54, 1.807) is 19.2 Å². The molecule has 1 atom stereocenters. The van der Waals surface area contributed by atoms with Crippen molar-refractivity contribution < 1.29 is 23.8 Å². The van der Waals surface area contributed by atoms with Gasteiger partial charge in [-0.25, -0.2) is 4.79 Å². The van der Waals surface area contributed by atoms with E-state index in [4.69, 9.17) is 14.2 Å². The number of hydrogen-bond acceptors (Lipinski definition) is 5. The number of methoxy groups -OCH3 is 1. The van der Waals surface area contributed by atoms with E-state index in [1.807, 2.05) is 49.4 Å². The molecule has 138 valence electrons. The monoisotopic (exact) mass is 357 g/mol. The molecule has 0 aromatic heterocycles. The number of esters is 1. The molecule has 0 fully saturated rings. The van der Waals surface area contributed by atoms with Gasteiger partial charge in [-0.3, -0.25) is 4.79 Å². The largest absolute Gasteiger partial charge is 0.496 e. The zero-order chi connectivity index (χ0) is 18.8. The third-order valence-electron chi connectivity index (χ3n) is 3.67. The molecule has 1 amide bonds. The molecule has 0 saturated heterocycles. The summed E-state index contributed by atoms with van der Waals surface area (Å²) in [6.07, 6.45) is -0.310. The van der Waals surface area contributed by atoms with Crippen molar-refractivity contribution in [2.45, 2.75) is 26.0 Å². The van der Waals surface area contributed by atoms with Gasteiger partial charge in [0.1, 0.15) is 11.5 Å². The van der Waals surface area contributed by atoms with E-state index >= 15 is 0 Å². The average Bonchev–Trinajstić information content (AvgIpc) is 2.69. The molecular weight excluding hydrogens is 334 g/mol. The number of nitrogens with one attached hydrogen (secondary N) is 1. The van der Waals surface area contributed by atoms with Crippen molar-refractivity contribution in [2.24, 2.45) is 0 Å². The number of benzene rings is 2. The number of carbonyl (C=O) groups excluding carboxylic acids is 2. The summed E-state index contributed by atoms with van der Waals surface area (Å²) in [5.41, 5.74) is 0.841. The molecule has 0 bridgehead atoms. The van der Waals surface area contributed by atoms with Crippen LogP contribution in [-0.2, 0) is 20.9 Å². The Morgan fingerprint density at radius 2 is 1.73 bits per heavy atom. The Balaban J connectivity index is 1.79. The molecule has 0 saturated carbocycles. The van der Waals surface area contributed by atoms with Crippen LogP contribution in [0.15, 0.2) is 54.6 Å². The van der Waals surface area contributed by atoms with Gasteiger partial charge in [0.15, 0.2) is 12.7 Å². The minimum atomic E-state index is -0.751. The maximum absolute atomic E-state index is 12.1. The fraction of sp³-hybridized carbons (Fsp3) is 0.300. The van der Waals surface area contributed by atoms with Gasteiger partial charge in [0, 0.05) is 12.1 Å². The zero-order valence-corrected chi connectivity index (χ0v) is 14.9. The van der Waals surface area contributed by atoms with Crippen molar-refractivity contribution in [1.29, 1.82) is 0 Å². The normalized spacial score (nSPS) is 11.3. The van der Waals surface area contributed by atoms with E-state index in [0.717, 1.165) is 5.56 Å². The van der Waals surface area contributed by atoms with E-state index < -0.39 is 12.1 Å². The van der Waals surface area contributed by atoms with Gasteiger partial charge in [0.2, 0.25) is 0 Å². The Morgan fingerprint density at radius 3 is 2.42 bits per heavy atom. The molecule has 0 spiro atoms. The van der Waals surface area contributed by atoms with Crippen molar-refractivity contribution in [2.75, 3.05) is 13.7 Å². The lowest BCUT2D eigenvalue weighted by Gasteiger charge is -2.16. The number of para-hydroxylation sites is 2. The van der Waals surface area contributed by atoms with Crippen LogP contribution in [0.2, 0.25) is 0 Å². The number of rotatable bonds is 9. The van der Waals surface area contributed by atoms with Crippen molar-refractivity contribution in [3.05, 3.63) is 60.2 Å². The molecule has 0 radical (unpaired) electrons. The predicted octanol–water partition coefficient (Wildman–Crippen LogP) is 2.71. The van der Waals surface area contributed by atoms with E-state index in [-0.39, 0.29) is 19.1 Å². The Kier molecular flexibility index (Phi) is 7.49. The number of hydrogen-bond donors (Lipinski definition) is 1. The Hall–Kier alpha value is -3.02. The molecule has 0 aliphatic carbocycles. The molecule has 0 aliphatic heterocycles. The topological polar surface area (TPSA) is 73.9 Å². The first kappa shape index (κ1) is 19.3. The van der Waals surface area contributed by atoms with Crippen LogP contribution in [0.1, 0.15) is 18.9 Å². The standard InChI is InChI=1S/C20H23NO5/c1-3-17(26-16-10-5-4-6-11-16)20(23)25-14-19(22)21-13-15-9-7-8-12-18(15)24-2/h4-12,17H,3,13-14H2,1-2H3,(H,21,22)/t17-/m1/s1. The fourth-order valence-electron chi connectivity index (χ4n) is 2.28. The molecule has 0 heterocycles. The third kappa shape index (κ3) is 5.81. The molecule has 6 heteroatoms. The van der Waals surface area contributed by atoms with Crippen LogP contribution in [0, 0.1) is 0 Å². The average molecular weight is 357 g/mol. The van der Waals surface area contributed by atoms with Crippen LogP contribution in [0.5, 0.6) is 11.5 Å². The molecule has 1 N–H and O–H groups in total.